The summed E-state index contributed by atoms with van der Waals surface area (Å²) in [5.74, 6) is 3.42. The summed E-state index contributed by atoms with van der Waals surface area (Å²) in [5, 5.41) is 12.8. The Morgan fingerprint density at radius 1 is 1.29 bits per heavy atom. The van der Waals surface area contributed by atoms with Gasteiger partial charge in [0.25, 0.3) is 0 Å². The van der Waals surface area contributed by atoms with Crippen LogP contribution in [0.1, 0.15) is 19.4 Å². The summed E-state index contributed by atoms with van der Waals surface area (Å²) in [6, 6.07) is 8.00. The Morgan fingerprint density at radius 2 is 2.06 bits per heavy atom. The second-order valence-electron chi connectivity index (χ2n) is 4.79. The van der Waals surface area contributed by atoms with Crippen LogP contribution < -0.4 is 5.32 Å². The molecule has 0 aromatic heterocycles. The van der Waals surface area contributed by atoms with Gasteiger partial charge in [-0.25, -0.2) is 0 Å². The Kier molecular flexibility index (Phi) is 6.45. The highest BCUT2D eigenvalue weighted by molar-refractivity contribution is 7.99. The van der Waals surface area contributed by atoms with Crippen molar-refractivity contribution in [2.24, 2.45) is 5.92 Å². The lowest BCUT2D eigenvalue weighted by Crippen LogP contribution is -2.30. The van der Waals surface area contributed by atoms with Gasteiger partial charge in [0, 0.05) is 11.8 Å². The van der Waals surface area contributed by atoms with Gasteiger partial charge in [-0.3, -0.25) is 0 Å². The molecule has 0 aliphatic rings. The number of thioether (sulfide) groups is 1. The van der Waals surface area contributed by atoms with Gasteiger partial charge in [-0.1, -0.05) is 26.0 Å². The third-order valence-corrected chi connectivity index (χ3v) is 4.11. The van der Waals surface area contributed by atoms with Crippen molar-refractivity contribution in [3.63, 3.8) is 0 Å². The fourth-order valence-corrected chi connectivity index (χ4v) is 2.83. The second kappa shape index (κ2) is 7.62. The molecule has 0 amide bonds. The molecule has 2 nitrogen and oxygen atoms in total. The standard InChI is InChI=1S/C14H23NOS/c1-11(2)9-17-10-13(15-3)7-12-5-4-6-14(16)8-12/h4-6,8,11,13,15-16H,7,9-10H2,1-3H3. The van der Waals surface area contributed by atoms with E-state index in [1.807, 2.05) is 30.9 Å². The average molecular weight is 253 g/mol. The minimum absolute atomic E-state index is 0.354. The maximum absolute atomic E-state index is 9.42. The summed E-state index contributed by atoms with van der Waals surface area (Å²) in [5.41, 5.74) is 1.19. The number of likely N-dealkylation sites (N-methyl/N-ethyl adjacent to an activating group) is 1. The number of benzene rings is 1. The van der Waals surface area contributed by atoms with Gasteiger partial charge in [-0.15, -0.1) is 0 Å². The van der Waals surface area contributed by atoms with Gasteiger partial charge in [-0.05, 0) is 42.8 Å². The van der Waals surface area contributed by atoms with Crippen LogP contribution in [0.3, 0.4) is 0 Å². The maximum atomic E-state index is 9.42. The molecular weight excluding hydrogens is 230 g/mol. The molecule has 0 radical (unpaired) electrons. The topological polar surface area (TPSA) is 32.3 Å². The van der Waals surface area contributed by atoms with E-state index >= 15 is 0 Å². The number of hydrogen-bond acceptors (Lipinski definition) is 3. The lowest BCUT2D eigenvalue weighted by molar-refractivity contribution is 0.474. The summed E-state index contributed by atoms with van der Waals surface area (Å²) in [7, 11) is 2.00. The molecule has 0 aliphatic heterocycles. The van der Waals surface area contributed by atoms with E-state index in [9.17, 15) is 5.11 Å². The van der Waals surface area contributed by atoms with Gasteiger partial charge in [0.05, 0.1) is 0 Å². The first-order valence-electron chi connectivity index (χ1n) is 6.14. The van der Waals surface area contributed by atoms with Crippen molar-refractivity contribution < 1.29 is 5.11 Å². The van der Waals surface area contributed by atoms with E-state index in [-0.39, 0.29) is 0 Å². The first kappa shape index (κ1) is 14.4. The number of hydrogen-bond donors (Lipinski definition) is 2. The van der Waals surface area contributed by atoms with Gasteiger partial charge >= 0.3 is 0 Å². The van der Waals surface area contributed by atoms with E-state index in [2.05, 4.69) is 25.2 Å². The fraction of sp³-hybridized carbons (Fsp3) is 0.571. The van der Waals surface area contributed by atoms with Crippen LogP contribution in [0.15, 0.2) is 24.3 Å². The summed E-state index contributed by atoms with van der Waals surface area (Å²) < 4.78 is 0. The summed E-state index contributed by atoms with van der Waals surface area (Å²) >= 11 is 1.99. The highest BCUT2D eigenvalue weighted by atomic mass is 32.2. The Labute approximate surface area is 109 Å². The molecule has 0 saturated heterocycles. The van der Waals surface area contributed by atoms with Crippen molar-refractivity contribution in [2.75, 3.05) is 18.6 Å². The van der Waals surface area contributed by atoms with Crippen molar-refractivity contribution in [1.29, 1.82) is 0 Å². The molecule has 2 N–H and O–H groups in total. The van der Waals surface area contributed by atoms with Crippen LogP contribution >= 0.6 is 11.8 Å². The Hall–Kier alpha value is -0.670. The maximum Gasteiger partial charge on any atom is 0.115 e. The van der Waals surface area contributed by atoms with E-state index in [1.54, 1.807) is 6.07 Å². The molecule has 0 bridgehead atoms. The van der Waals surface area contributed by atoms with Crippen molar-refractivity contribution in [3.8, 4) is 5.75 Å². The molecule has 96 valence electrons. The van der Waals surface area contributed by atoms with Gasteiger partial charge in [0.2, 0.25) is 0 Å². The van der Waals surface area contributed by atoms with E-state index in [4.69, 9.17) is 0 Å². The molecule has 1 aromatic carbocycles. The first-order chi connectivity index (χ1) is 8.11. The Balaban J connectivity index is 2.41. The molecule has 17 heavy (non-hydrogen) atoms. The monoisotopic (exact) mass is 253 g/mol. The van der Waals surface area contributed by atoms with Gasteiger partial charge < -0.3 is 10.4 Å². The van der Waals surface area contributed by atoms with Gasteiger partial charge in [0.1, 0.15) is 5.75 Å². The number of phenols is 1. The van der Waals surface area contributed by atoms with Crippen LogP contribution in [0.25, 0.3) is 0 Å². The van der Waals surface area contributed by atoms with E-state index in [0.29, 0.717) is 11.8 Å². The van der Waals surface area contributed by atoms with Crippen molar-refractivity contribution >= 4 is 11.8 Å². The SMILES string of the molecule is CNC(CSCC(C)C)Cc1cccc(O)c1. The number of rotatable bonds is 7. The van der Waals surface area contributed by atoms with Crippen LogP contribution in [-0.2, 0) is 6.42 Å². The zero-order chi connectivity index (χ0) is 12.7. The zero-order valence-electron chi connectivity index (χ0n) is 10.9. The third-order valence-electron chi connectivity index (χ3n) is 2.57. The minimum atomic E-state index is 0.354. The fourth-order valence-electron chi connectivity index (χ4n) is 1.66. The first-order valence-corrected chi connectivity index (χ1v) is 7.30. The van der Waals surface area contributed by atoms with E-state index < -0.39 is 0 Å². The largest absolute Gasteiger partial charge is 0.508 e. The zero-order valence-corrected chi connectivity index (χ0v) is 11.8. The molecule has 1 rings (SSSR count). The molecule has 0 saturated carbocycles. The molecule has 0 heterocycles. The predicted molar refractivity (Wildman–Crippen MR) is 76.8 cm³/mol. The summed E-state index contributed by atoms with van der Waals surface area (Å²) in [4.78, 5) is 0. The van der Waals surface area contributed by atoms with Crippen LogP contribution in [0.2, 0.25) is 0 Å². The van der Waals surface area contributed by atoms with Crippen molar-refractivity contribution in [3.05, 3.63) is 29.8 Å². The summed E-state index contributed by atoms with van der Waals surface area (Å²) in [6.45, 7) is 4.49. The van der Waals surface area contributed by atoms with Gasteiger partial charge in [0.15, 0.2) is 0 Å². The normalized spacial score (nSPS) is 12.9. The molecule has 0 aliphatic carbocycles. The van der Waals surface area contributed by atoms with E-state index in [1.165, 1.54) is 11.3 Å². The smallest absolute Gasteiger partial charge is 0.115 e. The summed E-state index contributed by atoms with van der Waals surface area (Å²) in [6.07, 6.45) is 0.968. The number of nitrogens with one attached hydrogen (secondary N) is 1. The highest BCUT2D eigenvalue weighted by Gasteiger charge is 2.08. The Morgan fingerprint density at radius 3 is 2.65 bits per heavy atom. The predicted octanol–water partition coefficient (Wildman–Crippen LogP) is 2.91. The minimum Gasteiger partial charge on any atom is -0.508 e. The highest BCUT2D eigenvalue weighted by Crippen LogP contribution is 2.15. The van der Waals surface area contributed by atoms with Crippen molar-refractivity contribution in [2.45, 2.75) is 26.3 Å². The van der Waals surface area contributed by atoms with E-state index in [0.717, 1.165) is 18.1 Å². The molecular formula is C14H23NOS. The third kappa shape index (κ3) is 5.99. The molecule has 0 spiro atoms. The number of phenolic OH excluding ortho intramolecular Hbond substituents is 1. The van der Waals surface area contributed by atoms with Crippen LogP contribution in [0, 0.1) is 5.92 Å². The molecule has 1 atom stereocenters. The molecule has 1 unspecified atom stereocenters. The molecule has 3 heteroatoms. The molecule has 0 fully saturated rings. The van der Waals surface area contributed by atoms with Crippen molar-refractivity contribution in [1.82, 2.24) is 5.32 Å². The lowest BCUT2D eigenvalue weighted by Gasteiger charge is -2.16. The lowest BCUT2D eigenvalue weighted by atomic mass is 10.1. The van der Waals surface area contributed by atoms with Crippen LogP contribution in [0.4, 0.5) is 0 Å². The van der Waals surface area contributed by atoms with Gasteiger partial charge in [-0.2, -0.15) is 11.8 Å². The Bertz CT molecular complexity index is 328. The molecule has 1 aromatic rings. The second-order valence-corrected chi connectivity index (χ2v) is 5.87. The number of aromatic hydroxyl groups is 1. The van der Waals surface area contributed by atoms with Crippen LogP contribution in [-0.4, -0.2) is 29.7 Å². The quantitative estimate of drug-likeness (QED) is 0.783. The van der Waals surface area contributed by atoms with Crippen LogP contribution in [0.5, 0.6) is 5.75 Å². The average Bonchev–Trinajstić information content (AvgIpc) is 2.27.